The predicted molar refractivity (Wildman–Crippen MR) is 98.1 cm³/mol. The second-order valence-electron chi connectivity index (χ2n) is 7.20. The first-order valence-electron chi connectivity index (χ1n) is 9.06. The molecule has 2 fully saturated rings. The number of hydrogen-bond acceptors (Lipinski definition) is 9. The van der Waals surface area contributed by atoms with E-state index in [2.05, 4.69) is 15.0 Å². The predicted octanol–water partition coefficient (Wildman–Crippen LogP) is 0.373. The summed E-state index contributed by atoms with van der Waals surface area (Å²) in [6.45, 7) is 0. The molecule has 0 radical (unpaired) electrons. The second kappa shape index (κ2) is 7.36. The Kier molecular flexibility index (Phi) is 5.01. The smallest absolute Gasteiger partial charge is 0.306 e. The van der Waals surface area contributed by atoms with Gasteiger partial charge in [-0.15, -0.1) is 0 Å². The Balaban J connectivity index is 1.67. The molecular formula is C16H20N5O7P. The molecule has 2 aromatic heterocycles. The number of rotatable bonds is 5. The lowest BCUT2D eigenvalue weighted by molar-refractivity contribution is -0.158. The minimum Gasteiger partial charge on any atom is -0.481 e. The van der Waals surface area contributed by atoms with Crippen molar-refractivity contribution in [2.45, 2.75) is 37.7 Å². The lowest BCUT2D eigenvalue weighted by atomic mass is 9.97. The van der Waals surface area contributed by atoms with E-state index in [4.69, 9.17) is 20.3 Å². The molecule has 2 aliphatic rings. The molecule has 12 nitrogen and oxygen atoms in total. The number of aromatic nitrogens is 4. The van der Waals surface area contributed by atoms with Crippen LogP contribution in [0, 0.1) is 5.92 Å². The molecule has 2 saturated heterocycles. The summed E-state index contributed by atoms with van der Waals surface area (Å²) in [5, 5.41) is 8.79. The summed E-state index contributed by atoms with van der Waals surface area (Å²) in [5.74, 6) is -2.16. The second-order valence-corrected chi connectivity index (χ2v) is 9.71. The number of carboxylic acids is 1. The standard InChI is InChI=1S/C16H20N5O7P/c17-14-12-15(19-6-18-14)21(7-20-12)16-13(28-11(24)2-1-10(22)23)8-5-29(25,26)4-3-9(8)27-16/h6-9,13,16H,1-5H2,(H,22,23)(H,25,26)(H2,17,18,19)/t8-,9-,13-,16-/m1/s1. The van der Waals surface area contributed by atoms with E-state index in [1.54, 1.807) is 4.57 Å². The number of fused-ring (bicyclic) bond motifs is 2. The van der Waals surface area contributed by atoms with Crippen molar-refractivity contribution in [3.05, 3.63) is 12.7 Å². The fourth-order valence-electron chi connectivity index (χ4n) is 3.88. The minimum absolute atomic E-state index is 0.0468. The lowest BCUT2D eigenvalue weighted by Crippen LogP contribution is -2.36. The molecule has 4 N–H and O–H groups in total. The van der Waals surface area contributed by atoms with Gasteiger partial charge in [0.25, 0.3) is 0 Å². The number of carbonyl (C=O) groups excluding carboxylic acids is 1. The molecule has 0 spiro atoms. The third kappa shape index (κ3) is 3.83. The van der Waals surface area contributed by atoms with Crippen LogP contribution < -0.4 is 5.73 Å². The van der Waals surface area contributed by atoms with E-state index < -0.39 is 37.6 Å². The first-order chi connectivity index (χ1) is 13.7. The number of nitrogen functional groups attached to an aromatic ring is 1. The van der Waals surface area contributed by atoms with Gasteiger partial charge in [-0.25, -0.2) is 15.0 Å². The quantitative estimate of drug-likeness (QED) is 0.445. The summed E-state index contributed by atoms with van der Waals surface area (Å²) in [4.78, 5) is 45.3. The van der Waals surface area contributed by atoms with Crippen LogP contribution in [0.1, 0.15) is 25.5 Å². The van der Waals surface area contributed by atoms with Crippen LogP contribution in [0.5, 0.6) is 0 Å². The number of ether oxygens (including phenoxy) is 2. The van der Waals surface area contributed by atoms with Crippen LogP contribution in [0.25, 0.3) is 11.2 Å². The normalized spacial score (nSPS) is 31.5. The monoisotopic (exact) mass is 425 g/mol. The van der Waals surface area contributed by atoms with Crippen LogP contribution in [0.4, 0.5) is 5.82 Å². The first-order valence-corrected chi connectivity index (χ1v) is 11.1. The van der Waals surface area contributed by atoms with E-state index in [0.29, 0.717) is 17.6 Å². The summed E-state index contributed by atoms with van der Waals surface area (Å²) < 4.78 is 25.5. The highest BCUT2D eigenvalue weighted by molar-refractivity contribution is 7.58. The summed E-state index contributed by atoms with van der Waals surface area (Å²) in [5.41, 5.74) is 6.56. The molecule has 5 atom stereocenters. The van der Waals surface area contributed by atoms with E-state index in [-0.39, 0.29) is 37.1 Å². The van der Waals surface area contributed by atoms with Gasteiger partial charge in [0.1, 0.15) is 11.8 Å². The molecule has 4 rings (SSSR count). The average molecular weight is 425 g/mol. The van der Waals surface area contributed by atoms with Crippen LogP contribution in [0.15, 0.2) is 12.7 Å². The largest absolute Gasteiger partial charge is 0.481 e. The lowest BCUT2D eigenvalue weighted by Gasteiger charge is -2.30. The Bertz CT molecular complexity index is 1010. The third-order valence-corrected chi connectivity index (χ3v) is 7.17. The topological polar surface area (TPSA) is 180 Å². The van der Waals surface area contributed by atoms with E-state index in [1.807, 2.05) is 0 Å². The maximum Gasteiger partial charge on any atom is 0.306 e. The summed E-state index contributed by atoms with van der Waals surface area (Å²) in [6, 6.07) is 0. The van der Waals surface area contributed by atoms with Gasteiger partial charge in [-0.3, -0.25) is 18.7 Å². The van der Waals surface area contributed by atoms with E-state index in [1.165, 1.54) is 12.7 Å². The van der Waals surface area contributed by atoms with Crippen molar-refractivity contribution in [3.63, 3.8) is 0 Å². The Labute approximate surface area is 164 Å². The van der Waals surface area contributed by atoms with E-state index in [9.17, 15) is 19.0 Å². The highest BCUT2D eigenvalue weighted by Gasteiger charge is 2.53. The highest BCUT2D eigenvalue weighted by atomic mass is 31.2. The van der Waals surface area contributed by atoms with Gasteiger partial charge in [-0.2, -0.15) is 0 Å². The zero-order valence-electron chi connectivity index (χ0n) is 15.2. The van der Waals surface area contributed by atoms with Crippen LogP contribution in [0.3, 0.4) is 0 Å². The van der Waals surface area contributed by atoms with Crippen LogP contribution in [0.2, 0.25) is 0 Å². The number of imidazole rings is 1. The molecular weight excluding hydrogens is 405 g/mol. The molecule has 13 heteroatoms. The van der Waals surface area contributed by atoms with Crippen LogP contribution in [-0.2, 0) is 23.6 Å². The average Bonchev–Trinajstić information content (AvgIpc) is 3.22. The van der Waals surface area contributed by atoms with Crippen LogP contribution in [-0.4, -0.2) is 66.0 Å². The molecule has 29 heavy (non-hydrogen) atoms. The number of anilines is 1. The van der Waals surface area contributed by atoms with Gasteiger partial charge in [0.2, 0.25) is 7.37 Å². The minimum atomic E-state index is -3.36. The Hall–Kier alpha value is -2.56. The molecule has 4 heterocycles. The maximum atomic E-state index is 12.3. The van der Waals surface area contributed by atoms with Crippen molar-refractivity contribution in [1.29, 1.82) is 0 Å². The molecule has 0 aliphatic carbocycles. The SMILES string of the molecule is Nc1ncnc2c1ncn2[C@@H]1O[C@@H]2CCP(=O)(O)C[C@H]2[C@H]1OC(=O)CCC(=O)O. The molecule has 0 saturated carbocycles. The van der Waals surface area contributed by atoms with Crippen LogP contribution >= 0.6 is 7.37 Å². The van der Waals surface area contributed by atoms with Crippen molar-refractivity contribution >= 4 is 36.3 Å². The van der Waals surface area contributed by atoms with Gasteiger partial charge in [-0.1, -0.05) is 0 Å². The van der Waals surface area contributed by atoms with Gasteiger partial charge in [0, 0.05) is 18.2 Å². The Morgan fingerprint density at radius 1 is 1.34 bits per heavy atom. The van der Waals surface area contributed by atoms with Gasteiger partial charge in [0.05, 0.1) is 25.3 Å². The van der Waals surface area contributed by atoms with Crippen molar-refractivity contribution in [3.8, 4) is 0 Å². The van der Waals surface area contributed by atoms with Gasteiger partial charge in [0.15, 0.2) is 23.8 Å². The van der Waals surface area contributed by atoms with Crippen molar-refractivity contribution < 1.29 is 33.6 Å². The van der Waals surface area contributed by atoms with Gasteiger partial charge in [-0.05, 0) is 6.42 Å². The summed E-state index contributed by atoms with van der Waals surface area (Å²) in [7, 11) is -3.36. The molecule has 0 amide bonds. The number of hydrogen-bond donors (Lipinski definition) is 3. The fraction of sp³-hybridized carbons (Fsp3) is 0.562. The molecule has 156 valence electrons. The molecule has 2 aromatic rings. The van der Waals surface area contributed by atoms with E-state index >= 15 is 0 Å². The number of nitrogens with zero attached hydrogens (tertiary/aromatic N) is 4. The van der Waals surface area contributed by atoms with Gasteiger partial charge >= 0.3 is 11.9 Å². The number of esters is 1. The number of aliphatic carboxylic acids is 1. The Morgan fingerprint density at radius 2 is 2.14 bits per heavy atom. The highest BCUT2D eigenvalue weighted by Crippen LogP contribution is 2.54. The number of nitrogens with two attached hydrogens (primary N) is 1. The van der Waals surface area contributed by atoms with E-state index in [0.717, 1.165) is 0 Å². The van der Waals surface area contributed by atoms with Crippen molar-refractivity contribution in [1.82, 2.24) is 19.5 Å². The number of carbonyl (C=O) groups is 2. The van der Waals surface area contributed by atoms with Crippen molar-refractivity contribution in [2.24, 2.45) is 5.92 Å². The third-order valence-electron chi connectivity index (χ3n) is 5.23. The van der Waals surface area contributed by atoms with Crippen molar-refractivity contribution in [2.75, 3.05) is 18.1 Å². The zero-order chi connectivity index (χ0) is 20.8. The maximum absolute atomic E-state index is 12.3. The molecule has 0 aromatic carbocycles. The zero-order valence-corrected chi connectivity index (χ0v) is 16.1. The Morgan fingerprint density at radius 3 is 2.90 bits per heavy atom. The number of carboxylic acid groups (broad SMARTS) is 1. The molecule has 1 unspecified atom stereocenters. The van der Waals surface area contributed by atoms with Gasteiger partial charge < -0.3 is 25.2 Å². The molecule has 2 aliphatic heterocycles. The summed E-state index contributed by atoms with van der Waals surface area (Å²) >= 11 is 0. The summed E-state index contributed by atoms with van der Waals surface area (Å²) in [6.07, 6.45) is 0.336. The fourth-order valence-corrected chi connectivity index (χ4v) is 5.82. The molecule has 0 bridgehead atoms. The first kappa shape index (κ1) is 19.7.